The van der Waals surface area contributed by atoms with Crippen LogP contribution in [0, 0.1) is 0 Å². The molecule has 282 valence electrons. The molecule has 1 heterocycles. The lowest BCUT2D eigenvalue weighted by Crippen LogP contribution is -2.18. The van der Waals surface area contributed by atoms with Gasteiger partial charge in [-0.25, -0.2) is 0 Å². The summed E-state index contributed by atoms with van der Waals surface area (Å²) >= 11 is 0. The fourth-order valence-electron chi connectivity index (χ4n) is 9.76. The number of fused-ring (bicyclic) bond motifs is 9. The fraction of sp³-hybridized carbons (Fsp3) is 0.236. The van der Waals surface area contributed by atoms with Gasteiger partial charge in [-0.05, 0) is 134 Å². The molecule has 0 aliphatic heterocycles. The van der Waals surface area contributed by atoms with Gasteiger partial charge >= 0.3 is 0 Å². The normalized spacial score (nSPS) is 14.6. The van der Waals surface area contributed by atoms with Crippen molar-refractivity contribution in [3.8, 4) is 16.8 Å². The summed E-state index contributed by atoms with van der Waals surface area (Å²) in [5.41, 5.74) is 18.4. The van der Waals surface area contributed by atoms with Gasteiger partial charge in [-0.15, -0.1) is 0 Å². The summed E-state index contributed by atoms with van der Waals surface area (Å²) in [6.45, 7) is 18.8. The molecule has 2 heteroatoms. The molecule has 0 radical (unpaired) electrons. The van der Waals surface area contributed by atoms with Crippen LogP contribution in [0.3, 0.4) is 0 Å². The Morgan fingerprint density at radius 2 is 1.23 bits per heavy atom. The van der Waals surface area contributed by atoms with Crippen molar-refractivity contribution in [3.05, 3.63) is 173 Å². The van der Waals surface area contributed by atoms with E-state index in [0.717, 1.165) is 18.5 Å². The van der Waals surface area contributed by atoms with Crippen molar-refractivity contribution in [2.24, 2.45) is 0 Å². The molecule has 0 atom stereocenters. The van der Waals surface area contributed by atoms with Crippen molar-refractivity contribution in [2.75, 3.05) is 4.90 Å². The molecule has 7 aromatic carbocycles. The second kappa shape index (κ2) is 12.6. The standard InChI is InChI=1S/C55H52N2/c1-53(2,3)36-25-29-49-44(31-36)45-32-37(54(4,5)6)26-30-50(45)57(49)51-34-47-52(42-23-15-14-22-41(42)51)43-28-27-39(33-46(43)55(47,7)8)56(38-19-10-9-11-20-38)48-24-16-18-35-17-12-13-21-40(35)48/h9-13,15-21,23-34H,14,22H2,1-8H3. The molecule has 57 heavy (non-hydrogen) atoms. The van der Waals surface area contributed by atoms with Gasteiger partial charge in [-0.1, -0.05) is 140 Å². The highest BCUT2D eigenvalue weighted by Crippen LogP contribution is 2.55. The largest absolute Gasteiger partial charge is 0.310 e. The third kappa shape index (κ3) is 5.52. The molecule has 10 rings (SSSR count). The molecule has 0 bridgehead atoms. The molecule has 2 nitrogen and oxygen atoms in total. The summed E-state index contributed by atoms with van der Waals surface area (Å²) in [5, 5.41) is 5.16. The SMILES string of the molecule is CC(C)(C)c1ccc2c(c1)c1cc(C(C)(C)C)ccc1n2-c1cc2c(c3c1CCC=C3)-c1ccc(N(c3ccccc3)c3cccc4ccccc34)cc1C2(C)C. The zero-order chi connectivity index (χ0) is 39.4. The Labute approximate surface area is 338 Å². The van der Waals surface area contributed by atoms with Gasteiger partial charge in [0.25, 0.3) is 0 Å². The van der Waals surface area contributed by atoms with Crippen LogP contribution < -0.4 is 4.90 Å². The van der Waals surface area contributed by atoms with Gasteiger partial charge in [0.2, 0.25) is 0 Å². The van der Waals surface area contributed by atoms with Crippen LogP contribution in [-0.2, 0) is 22.7 Å². The highest BCUT2D eigenvalue weighted by molar-refractivity contribution is 6.10. The quantitative estimate of drug-likeness (QED) is 0.174. The number of para-hydroxylation sites is 1. The molecule has 0 N–H and O–H groups in total. The third-order valence-corrected chi connectivity index (χ3v) is 12.9. The second-order valence-corrected chi connectivity index (χ2v) is 19.0. The Balaban J connectivity index is 1.20. The Bertz CT molecular complexity index is 2860. The maximum atomic E-state index is 2.60. The minimum atomic E-state index is -0.228. The smallest absolute Gasteiger partial charge is 0.0541 e. The van der Waals surface area contributed by atoms with Crippen LogP contribution in [0.1, 0.15) is 95.2 Å². The van der Waals surface area contributed by atoms with Gasteiger partial charge in [0.1, 0.15) is 0 Å². The van der Waals surface area contributed by atoms with Crippen LogP contribution in [0.5, 0.6) is 0 Å². The van der Waals surface area contributed by atoms with Crippen molar-refractivity contribution in [2.45, 2.75) is 84.5 Å². The van der Waals surface area contributed by atoms with Gasteiger partial charge < -0.3 is 9.47 Å². The molecule has 8 aromatic rings. The number of hydrogen-bond donors (Lipinski definition) is 0. The third-order valence-electron chi connectivity index (χ3n) is 12.9. The molecule has 0 fully saturated rings. The molecular weight excluding hydrogens is 689 g/mol. The highest BCUT2D eigenvalue weighted by atomic mass is 15.1. The number of benzene rings is 7. The van der Waals surface area contributed by atoms with E-state index in [0.29, 0.717) is 0 Å². The Hall–Kier alpha value is -5.86. The van der Waals surface area contributed by atoms with E-state index >= 15 is 0 Å². The first-order valence-electron chi connectivity index (χ1n) is 20.7. The van der Waals surface area contributed by atoms with Gasteiger partial charge in [0.05, 0.1) is 22.4 Å². The van der Waals surface area contributed by atoms with E-state index in [1.807, 2.05) is 0 Å². The second-order valence-electron chi connectivity index (χ2n) is 19.0. The number of rotatable bonds is 4. The van der Waals surface area contributed by atoms with Crippen molar-refractivity contribution < 1.29 is 0 Å². The van der Waals surface area contributed by atoms with Crippen LogP contribution in [0.2, 0.25) is 0 Å². The van der Waals surface area contributed by atoms with Gasteiger partial charge in [-0.2, -0.15) is 0 Å². The minimum Gasteiger partial charge on any atom is -0.310 e. The number of anilines is 3. The van der Waals surface area contributed by atoms with E-state index in [4.69, 9.17) is 0 Å². The maximum absolute atomic E-state index is 2.60. The first-order chi connectivity index (χ1) is 27.3. The van der Waals surface area contributed by atoms with E-state index < -0.39 is 0 Å². The monoisotopic (exact) mass is 740 g/mol. The summed E-state index contributed by atoms with van der Waals surface area (Å²) in [4.78, 5) is 2.44. The zero-order valence-corrected chi connectivity index (χ0v) is 34.7. The number of nitrogens with zero attached hydrogens (tertiary/aromatic N) is 2. The van der Waals surface area contributed by atoms with E-state index in [1.165, 1.54) is 94.1 Å². The first kappa shape index (κ1) is 35.5. The molecule has 0 amide bonds. The number of aromatic nitrogens is 1. The van der Waals surface area contributed by atoms with E-state index in [9.17, 15) is 0 Å². The van der Waals surface area contributed by atoms with Crippen LogP contribution in [-0.4, -0.2) is 4.57 Å². The first-order valence-corrected chi connectivity index (χ1v) is 20.7. The lowest BCUT2D eigenvalue weighted by Gasteiger charge is -2.29. The van der Waals surface area contributed by atoms with Crippen LogP contribution in [0.15, 0.2) is 140 Å². The molecule has 2 aliphatic carbocycles. The Morgan fingerprint density at radius 1 is 0.579 bits per heavy atom. The molecule has 0 saturated carbocycles. The number of hydrogen-bond acceptors (Lipinski definition) is 1. The molecule has 0 saturated heterocycles. The van der Waals surface area contributed by atoms with Crippen molar-refractivity contribution >= 4 is 55.7 Å². The fourth-order valence-corrected chi connectivity index (χ4v) is 9.76. The van der Waals surface area contributed by atoms with Gasteiger partial charge in [-0.3, -0.25) is 0 Å². The molecule has 2 aliphatic rings. The molecule has 0 unspecified atom stereocenters. The number of allylic oxidation sites excluding steroid dienone is 1. The zero-order valence-electron chi connectivity index (χ0n) is 34.7. The van der Waals surface area contributed by atoms with E-state index in [1.54, 1.807) is 0 Å². The summed E-state index contributed by atoms with van der Waals surface area (Å²) in [6.07, 6.45) is 6.88. The lowest BCUT2D eigenvalue weighted by atomic mass is 9.80. The van der Waals surface area contributed by atoms with Crippen LogP contribution >= 0.6 is 0 Å². The molecule has 0 spiro atoms. The van der Waals surface area contributed by atoms with Crippen molar-refractivity contribution in [3.63, 3.8) is 0 Å². The van der Waals surface area contributed by atoms with Gasteiger partial charge in [0, 0.05) is 32.9 Å². The minimum absolute atomic E-state index is 0.0557. The molecular formula is C55H52N2. The van der Waals surface area contributed by atoms with E-state index in [-0.39, 0.29) is 16.2 Å². The predicted octanol–water partition coefficient (Wildman–Crippen LogP) is 15.3. The van der Waals surface area contributed by atoms with Crippen molar-refractivity contribution in [1.82, 2.24) is 4.57 Å². The summed E-state index contributed by atoms with van der Waals surface area (Å²) in [5.74, 6) is 0. The predicted molar refractivity (Wildman–Crippen MR) is 245 cm³/mol. The van der Waals surface area contributed by atoms with Crippen LogP contribution in [0.25, 0.3) is 55.5 Å². The average molecular weight is 741 g/mol. The van der Waals surface area contributed by atoms with E-state index in [2.05, 4.69) is 210 Å². The topological polar surface area (TPSA) is 8.17 Å². The summed E-state index contributed by atoms with van der Waals surface area (Å²) in [6, 6.07) is 50.5. The Kier molecular flexibility index (Phi) is 7.84. The average Bonchev–Trinajstić information content (AvgIpc) is 3.64. The highest BCUT2D eigenvalue weighted by Gasteiger charge is 2.39. The maximum Gasteiger partial charge on any atom is 0.0541 e. The van der Waals surface area contributed by atoms with Crippen LogP contribution in [0.4, 0.5) is 17.1 Å². The van der Waals surface area contributed by atoms with Crippen molar-refractivity contribution in [1.29, 1.82) is 0 Å². The summed E-state index contributed by atoms with van der Waals surface area (Å²) < 4.78 is 2.60. The lowest BCUT2D eigenvalue weighted by molar-refractivity contribution is 0.590. The summed E-state index contributed by atoms with van der Waals surface area (Å²) in [7, 11) is 0. The Morgan fingerprint density at radius 3 is 1.91 bits per heavy atom. The molecule has 1 aromatic heterocycles. The van der Waals surface area contributed by atoms with Gasteiger partial charge in [0.15, 0.2) is 0 Å².